The van der Waals surface area contributed by atoms with Crippen molar-refractivity contribution < 1.29 is 20.1 Å². The number of rotatable bonds is 0. The van der Waals surface area contributed by atoms with Gasteiger partial charge in [-0.1, -0.05) is 0 Å². The molecule has 10 heavy (non-hydrogen) atoms. The summed E-state index contributed by atoms with van der Waals surface area (Å²) in [6, 6.07) is -1.01. The second-order valence-electron chi connectivity index (χ2n) is 2.57. The van der Waals surface area contributed by atoms with E-state index in [1.165, 1.54) is 6.92 Å². The first-order chi connectivity index (χ1) is 4.45. The van der Waals surface area contributed by atoms with Crippen LogP contribution in [0.4, 0.5) is 0 Å². The minimum Gasteiger partial charge on any atom is -0.388 e. The van der Waals surface area contributed by atoms with E-state index in [2.05, 4.69) is 4.74 Å². The molecule has 0 aliphatic carbocycles. The van der Waals surface area contributed by atoms with Crippen molar-refractivity contribution in [3.63, 3.8) is 0 Å². The van der Waals surface area contributed by atoms with E-state index in [0.29, 0.717) is 0 Å². The van der Waals surface area contributed by atoms with Crippen LogP contribution < -0.4 is 0 Å². The lowest BCUT2D eigenvalue weighted by Crippen LogP contribution is -2.40. The molecule has 4 nitrogen and oxygen atoms in total. The molecule has 0 aromatic heterocycles. The van der Waals surface area contributed by atoms with Gasteiger partial charge in [-0.25, -0.2) is 0 Å². The fraction of sp³-hybridized carbons (Fsp3) is 1.00. The zero-order valence-electron chi connectivity index (χ0n) is 5.56. The van der Waals surface area contributed by atoms with Gasteiger partial charge < -0.3 is 20.1 Å². The SMILES string of the molecule is [B][C@@H]1O[C@](C)(O)[C@@H](O)[C@H]1O. The van der Waals surface area contributed by atoms with E-state index < -0.39 is 24.0 Å². The highest BCUT2D eigenvalue weighted by Gasteiger charge is 2.47. The summed E-state index contributed by atoms with van der Waals surface area (Å²) in [4.78, 5) is 0. The largest absolute Gasteiger partial charge is 0.388 e. The first-order valence-corrected chi connectivity index (χ1v) is 2.97. The second-order valence-corrected chi connectivity index (χ2v) is 2.57. The molecule has 1 fully saturated rings. The zero-order chi connectivity index (χ0) is 7.94. The fourth-order valence-corrected chi connectivity index (χ4v) is 0.911. The molecule has 1 rings (SSSR count). The molecule has 2 radical (unpaired) electrons. The van der Waals surface area contributed by atoms with Crippen LogP contribution in [-0.2, 0) is 4.74 Å². The van der Waals surface area contributed by atoms with Crippen molar-refractivity contribution in [3.8, 4) is 0 Å². The quantitative estimate of drug-likeness (QED) is 0.342. The molecule has 5 heteroatoms. The van der Waals surface area contributed by atoms with Crippen molar-refractivity contribution in [2.45, 2.75) is 30.9 Å². The average Bonchev–Trinajstić information content (AvgIpc) is 1.95. The van der Waals surface area contributed by atoms with Gasteiger partial charge in [0.15, 0.2) is 5.79 Å². The fourth-order valence-electron chi connectivity index (χ4n) is 0.911. The molecule has 0 aromatic rings. The molecular weight excluding hydrogens is 135 g/mol. The molecule has 0 saturated carbocycles. The van der Waals surface area contributed by atoms with Crippen LogP contribution in [0.3, 0.4) is 0 Å². The number of hydrogen-bond donors (Lipinski definition) is 3. The Balaban J connectivity index is 2.71. The lowest BCUT2D eigenvalue weighted by molar-refractivity contribution is -0.205. The normalized spacial score (nSPS) is 55.4. The summed E-state index contributed by atoms with van der Waals surface area (Å²) in [5.74, 6) is -1.72. The predicted octanol–water partition coefficient (Wildman–Crippen LogP) is -2.06. The zero-order valence-corrected chi connectivity index (χ0v) is 5.56. The molecule has 4 atom stereocenters. The highest BCUT2D eigenvalue weighted by molar-refractivity contribution is 6.11. The van der Waals surface area contributed by atoms with Crippen molar-refractivity contribution in [3.05, 3.63) is 0 Å². The molecule has 3 N–H and O–H groups in total. The van der Waals surface area contributed by atoms with E-state index in [9.17, 15) is 0 Å². The Morgan fingerprint density at radius 2 is 2.00 bits per heavy atom. The summed E-state index contributed by atoms with van der Waals surface area (Å²) < 4.78 is 4.61. The summed E-state index contributed by atoms with van der Waals surface area (Å²) in [6.07, 6.45) is -2.54. The van der Waals surface area contributed by atoms with Gasteiger partial charge in [0.1, 0.15) is 20.1 Å². The average molecular weight is 144 g/mol. The van der Waals surface area contributed by atoms with Crippen LogP contribution in [0.15, 0.2) is 0 Å². The molecule has 0 unspecified atom stereocenters. The van der Waals surface area contributed by atoms with Crippen LogP contribution >= 0.6 is 0 Å². The van der Waals surface area contributed by atoms with Gasteiger partial charge in [0.05, 0.1) is 0 Å². The number of hydrogen-bond acceptors (Lipinski definition) is 4. The monoisotopic (exact) mass is 144 g/mol. The minimum absolute atomic E-state index is 1.01. The van der Waals surface area contributed by atoms with Gasteiger partial charge >= 0.3 is 0 Å². The number of ether oxygens (including phenoxy) is 1. The van der Waals surface area contributed by atoms with Crippen molar-refractivity contribution in [2.75, 3.05) is 0 Å². The standard InChI is InChI=1S/C5H9BO4/c1-5(9)3(8)2(7)4(6)10-5/h2-4,7-9H,1H3/t2-,3+,4-,5+/m1/s1. The molecule has 1 aliphatic heterocycles. The molecule has 1 saturated heterocycles. The Morgan fingerprint density at radius 3 is 2.10 bits per heavy atom. The maximum Gasteiger partial charge on any atom is 0.191 e. The molecule has 0 aromatic carbocycles. The molecule has 1 aliphatic rings. The Bertz CT molecular complexity index is 138. The molecule has 56 valence electrons. The third-order valence-electron chi connectivity index (χ3n) is 1.58. The van der Waals surface area contributed by atoms with Crippen molar-refractivity contribution in [1.82, 2.24) is 0 Å². The summed E-state index contributed by atoms with van der Waals surface area (Å²) in [5.41, 5.74) is 0. The summed E-state index contributed by atoms with van der Waals surface area (Å²) in [5, 5.41) is 27.0. The third-order valence-corrected chi connectivity index (χ3v) is 1.58. The smallest absolute Gasteiger partial charge is 0.191 e. The van der Waals surface area contributed by atoms with E-state index in [1.54, 1.807) is 0 Å². The summed E-state index contributed by atoms with van der Waals surface area (Å²) in [6.45, 7) is 1.24. The molecule has 1 heterocycles. The number of aliphatic hydroxyl groups excluding tert-OH is 2. The first-order valence-electron chi connectivity index (χ1n) is 2.97. The van der Waals surface area contributed by atoms with Gasteiger partial charge in [0.25, 0.3) is 0 Å². The van der Waals surface area contributed by atoms with E-state index in [0.717, 1.165) is 0 Å². The minimum atomic E-state index is -1.72. The van der Waals surface area contributed by atoms with E-state index in [4.69, 9.17) is 23.2 Å². The lowest BCUT2D eigenvalue weighted by Gasteiger charge is -2.19. The topological polar surface area (TPSA) is 69.9 Å². The molecule has 0 amide bonds. The molecule has 0 spiro atoms. The first kappa shape index (κ1) is 8.01. The Morgan fingerprint density at radius 1 is 1.50 bits per heavy atom. The Hall–Kier alpha value is -0.0951. The maximum atomic E-state index is 9.09. The second kappa shape index (κ2) is 2.20. The molecular formula is C5H9BO4. The summed E-state index contributed by atoms with van der Waals surface area (Å²) in [7, 11) is 5.15. The maximum absolute atomic E-state index is 9.09. The van der Waals surface area contributed by atoms with Crippen LogP contribution in [0.25, 0.3) is 0 Å². The Kier molecular flexibility index (Phi) is 1.76. The Labute approximate surface area is 59.8 Å². The van der Waals surface area contributed by atoms with Crippen molar-refractivity contribution in [2.24, 2.45) is 0 Å². The number of aliphatic hydroxyl groups is 3. The van der Waals surface area contributed by atoms with Crippen LogP contribution in [0.2, 0.25) is 0 Å². The van der Waals surface area contributed by atoms with Crippen molar-refractivity contribution >= 4 is 7.85 Å². The van der Waals surface area contributed by atoms with Gasteiger partial charge in [0.2, 0.25) is 0 Å². The van der Waals surface area contributed by atoms with Crippen LogP contribution in [0.5, 0.6) is 0 Å². The van der Waals surface area contributed by atoms with Gasteiger partial charge in [-0.15, -0.1) is 0 Å². The van der Waals surface area contributed by atoms with E-state index >= 15 is 0 Å². The predicted molar refractivity (Wildman–Crippen MR) is 33.3 cm³/mol. The van der Waals surface area contributed by atoms with Crippen LogP contribution in [0.1, 0.15) is 6.92 Å². The molecule has 0 bridgehead atoms. The van der Waals surface area contributed by atoms with E-state index in [-0.39, 0.29) is 0 Å². The third kappa shape index (κ3) is 1.05. The van der Waals surface area contributed by atoms with Gasteiger partial charge in [-0.2, -0.15) is 0 Å². The van der Waals surface area contributed by atoms with Crippen LogP contribution in [-0.4, -0.2) is 47.2 Å². The van der Waals surface area contributed by atoms with Gasteiger partial charge in [0, 0.05) is 6.00 Å². The van der Waals surface area contributed by atoms with Crippen LogP contribution in [0, 0.1) is 0 Å². The van der Waals surface area contributed by atoms with Crippen molar-refractivity contribution in [1.29, 1.82) is 0 Å². The van der Waals surface area contributed by atoms with Gasteiger partial charge in [-0.05, 0) is 6.92 Å². The van der Waals surface area contributed by atoms with Gasteiger partial charge in [-0.3, -0.25) is 0 Å². The lowest BCUT2D eigenvalue weighted by atomic mass is 9.93. The highest BCUT2D eigenvalue weighted by Crippen LogP contribution is 2.26. The summed E-state index contributed by atoms with van der Waals surface area (Å²) >= 11 is 0. The highest BCUT2D eigenvalue weighted by atomic mass is 16.7. The van der Waals surface area contributed by atoms with E-state index in [1.807, 2.05) is 0 Å².